The zero-order chi connectivity index (χ0) is 22.4. The molecule has 3 heterocycles. The molecule has 0 spiro atoms. The first-order valence-electron chi connectivity index (χ1n) is 10.5. The number of carbonyl (C=O) groups is 2. The van der Waals surface area contributed by atoms with E-state index in [0.29, 0.717) is 38.0 Å². The Bertz CT molecular complexity index is 746. The van der Waals surface area contributed by atoms with Crippen molar-refractivity contribution in [2.75, 3.05) is 32.1 Å². The Labute approximate surface area is 191 Å². The van der Waals surface area contributed by atoms with Crippen molar-refractivity contribution in [1.29, 1.82) is 0 Å². The van der Waals surface area contributed by atoms with Crippen molar-refractivity contribution >= 4 is 33.8 Å². The Morgan fingerprint density at radius 2 is 2.06 bits per heavy atom. The fourth-order valence-corrected chi connectivity index (χ4v) is 5.34. The minimum Gasteiger partial charge on any atom is -0.448 e. The standard InChI is InChI=1S/C21H31N3O5S2/c1-15-13-16(24(14-15)20(26)29-21(2,3)4)18-23(9-10-27-18)19(25)28-11-12-30-31-17-7-5-6-8-22-17/h5-8,15-16,18H,9-14H2,1-4H3/t15?,16-,18?/m0/s1. The summed E-state index contributed by atoms with van der Waals surface area (Å²) in [5.41, 5.74) is -0.576. The normalized spacial score (nSPS) is 23.8. The fourth-order valence-electron chi connectivity index (χ4n) is 3.63. The van der Waals surface area contributed by atoms with Gasteiger partial charge in [0.05, 0.1) is 19.2 Å². The summed E-state index contributed by atoms with van der Waals surface area (Å²) in [7, 11) is 3.14. The van der Waals surface area contributed by atoms with E-state index in [-0.39, 0.29) is 12.1 Å². The van der Waals surface area contributed by atoms with Gasteiger partial charge >= 0.3 is 12.2 Å². The van der Waals surface area contributed by atoms with Gasteiger partial charge in [-0.3, -0.25) is 4.90 Å². The number of hydrogen-bond donors (Lipinski definition) is 0. The Morgan fingerprint density at radius 1 is 1.26 bits per heavy atom. The number of hydrogen-bond acceptors (Lipinski definition) is 8. The summed E-state index contributed by atoms with van der Waals surface area (Å²) in [5.74, 6) is 0.955. The predicted molar refractivity (Wildman–Crippen MR) is 121 cm³/mol. The Balaban J connectivity index is 1.50. The second-order valence-corrected chi connectivity index (χ2v) is 11.1. The highest BCUT2D eigenvalue weighted by molar-refractivity contribution is 8.76. The summed E-state index contributed by atoms with van der Waals surface area (Å²) < 4.78 is 16.9. The third kappa shape index (κ3) is 6.92. The summed E-state index contributed by atoms with van der Waals surface area (Å²) in [5, 5.41) is 0.921. The molecule has 2 amide bonds. The molecule has 0 bridgehead atoms. The number of carbonyl (C=O) groups excluding carboxylic acids is 2. The third-order valence-electron chi connectivity index (χ3n) is 4.85. The first-order chi connectivity index (χ1) is 14.7. The average Bonchev–Trinajstić information content (AvgIpc) is 3.33. The fraction of sp³-hybridized carbons (Fsp3) is 0.667. The number of ether oxygens (including phenoxy) is 3. The molecule has 2 aliphatic rings. The van der Waals surface area contributed by atoms with Gasteiger partial charge in [0.2, 0.25) is 0 Å². The molecule has 3 atom stereocenters. The first-order valence-corrected chi connectivity index (χ1v) is 12.8. The SMILES string of the molecule is CC1C[C@@H](C2OCCN2C(=O)OCCSSc2ccccn2)N(C(=O)OC(C)(C)C)C1. The lowest BCUT2D eigenvalue weighted by atomic mass is 10.1. The van der Waals surface area contributed by atoms with Crippen molar-refractivity contribution in [3.63, 3.8) is 0 Å². The molecule has 0 radical (unpaired) electrons. The van der Waals surface area contributed by atoms with E-state index in [1.807, 2.05) is 39.0 Å². The maximum Gasteiger partial charge on any atom is 0.412 e. The van der Waals surface area contributed by atoms with Crippen molar-refractivity contribution in [1.82, 2.24) is 14.8 Å². The van der Waals surface area contributed by atoms with E-state index < -0.39 is 17.9 Å². The van der Waals surface area contributed by atoms with Crippen LogP contribution >= 0.6 is 21.6 Å². The van der Waals surface area contributed by atoms with Crippen LogP contribution in [0.5, 0.6) is 0 Å². The molecule has 2 fully saturated rings. The molecule has 1 aromatic rings. The van der Waals surface area contributed by atoms with Gasteiger partial charge in [0.1, 0.15) is 17.2 Å². The van der Waals surface area contributed by atoms with Gasteiger partial charge in [-0.2, -0.15) is 0 Å². The Kier molecular flexibility index (Phi) is 8.35. The molecule has 3 rings (SSSR count). The van der Waals surface area contributed by atoms with Crippen molar-refractivity contribution in [3.8, 4) is 0 Å². The molecule has 0 aromatic carbocycles. The largest absolute Gasteiger partial charge is 0.448 e. The maximum atomic E-state index is 12.7. The van der Waals surface area contributed by atoms with Gasteiger partial charge in [-0.25, -0.2) is 14.6 Å². The van der Waals surface area contributed by atoms with E-state index in [1.165, 1.54) is 0 Å². The molecule has 31 heavy (non-hydrogen) atoms. The van der Waals surface area contributed by atoms with E-state index in [2.05, 4.69) is 11.9 Å². The molecule has 172 valence electrons. The van der Waals surface area contributed by atoms with Crippen molar-refractivity contribution in [2.45, 2.75) is 57.0 Å². The number of likely N-dealkylation sites (tertiary alicyclic amines) is 1. The van der Waals surface area contributed by atoms with Crippen molar-refractivity contribution in [3.05, 3.63) is 24.4 Å². The number of aromatic nitrogens is 1. The van der Waals surface area contributed by atoms with Crippen LogP contribution in [0.4, 0.5) is 9.59 Å². The highest BCUT2D eigenvalue weighted by atomic mass is 33.1. The lowest BCUT2D eigenvalue weighted by Crippen LogP contribution is -2.51. The van der Waals surface area contributed by atoms with E-state index in [0.717, 1.165) is 11.4 Å². The Morgan fingerprint density at radius 3 is 2.77 bits per heavy atom. The lowest BCUT2D eigenvalue weighted by molar-refractivity contribution is -0.0351. The Hall–Kier alpha value is -1.65. The van der Waals surface area contributed by atoms with Crippen molar-refractivity contribution < 1.29 is 23.8 Å². The number of amides is 2. The minimum atomic E-state index is -0.576. The quantitative estimate of drug-likeness (QED) is 0.452. The molecular weight excluding hydrogens is 438 g/mol. The molecule has 2 unspecified atom stereocenters. The van der Waals surface area contributed by atoms with Crippen LogP contribution < -0.4 is 0 Å². The molecule has 1 aromatic heterocycles. The van der Waals surface area contributed by atoms with Gasteiger partial charge in [0.25, 0.3) is 0 Å². The van der Waals surface area contributed by atoms with Crippen LogP contribution in [-0.2, 0) is 14.2 Å². The summed E-state index contributed by atoms with van der Waals surface area (Å²) in [6.45, 7) is 9.39. The summed E-state index contributed by atoms with van der Waals surface area (Å²) in [6.07, 6.45) is 1.22. The molecule has 0 N–H and O–H groups in total. The zero-order valence-corrected chi connectivity index (χ0v) is 20.1. The van der Waals surface area contributed by atoms with Crippen LogP contribution in [0.3, 0.4) is 0 Å². The van der Waals surface area contributed by atoms with Gasteiger partial charge in [-0.15, -0.1) is 0 Å². The van der Waals surface area contributed by atoms with E-state index in [9.17, 15) is 9.59 Å². The summed E-state index contributed by atoms with van der Waals surface area (Å²) in [4.78, 5) is 32.9. The van der Waals surface area contributed by atoms with E-state index >= 15 is 0 Å². The van der Waals surface area contributed by atoms with Gasteiger partial charge < -0.3 is 19.1 Å². The zero-order valence-electron chi connectivity index (χ0n) is 18.5. The molecule has 0 aliphatic carbocycles. The topological polar surface area (TPSA) is 81.2 Å². The smallest absolute Gasteiger partial charge is 0.412 e. The lowest BCUT2D eigenvalue weighted by Gasteiger charge is -2.34. The molecule has 10 heteroatoms. The maximum absolute atomic E-state index is 12.7. The summed E-state index contributed by atoms with van der Waals surface area (Å²) >= 11 is 0. The molecule has 2 saturated heterocycles. The monoisotopic (exact) mass is 469 g/mol. The first kappa shape index (κ1) is 24.0. The van der Waals surface area contributed by atoms with Crippen LogP contribution in [-0.4, -0.2) is 76.9 Å². The number of nitrogens with zero attached hydrogens (tertiary/aromatic N) is 3. The number of rotatable bonds is 6. The highest BCUT2D eigenvalue weighted by Crippen LogP contribution is 2.32. The molecule has 0 saturated carbocycles. The second-order valence-electron chi connectivity index (χ2n) is 8.68. The van der Waals surface area contributed by atoms with Crippen LogP contribution in [0.15, 0.2) is 29.4 Å². The van der Waals surface area contributed by atoms with Crippen LogP contribution in [0, 0.1) is 5.92 Å². The molecule has 8 nitrogen and oxygen atoms in total. The van der Waals surface area contributed by atoms with E-state index in [4.69, 9.17) is 14.2 Å². The van der Waals surface area contributed by atoms with Crippen molar-refractivity contribution in [2.24, 2.45) is 5.92 Å². The molecular formula is C21H31N3O5S2. The van der Waals surface area contributed by atoms with Crippen LogP contribution in [0.1, 0.15) is 34.1 Å². The summed E-state index contributed by atoms with van der Waals surface area (Å²) in [6, 6.07) is 5.51. The van der Waals surface area contributed by atoms with Gasteiger partial charge in [0.15, 0.2) is 6.23 Å². The molecule has 2 aliphatic heterocycles. The third-order valence-corrected chi connectivity index (χ3v) is 7.08. The second kappa shape index (κ2) is 10.8. The van der Waals surface area contributed by atoms with Crippen LogP contribution in [0.2, 0.25) is 0 Å². The van der Waals surface area contributed by atoms with Crippen LogP contribution in [0.25, 0.3) is 0 Å². The minimum absolute atomic E-state index is 0.242. The average molecular weight is 470 g/mol. The van der Waals surface area contributed by atoms with Gasteiger partial charge in [0, 0.05) is 18.5 Å². The highest BCUT2D eigenvalue weighted by Gasteiger charge is 2.46. The van der Waals surface area contributed by atoms with Gasteiger partial charge in [-0.05, 0) is 56.0 Å². The predicted octanol–water partition coefficient (Wildman–Crippen LogP) is 4.26. The van der Waals surface area contributed by atoms with E-state index in [1.54, 1.807) is 37.6 Å². The van der Waals surface area contributed by atoms with Gasteiger partial charge in [-0.1, -0.05) is 23.8 Å². The number of pyridine rings is 1.